The van der Waals surface area contributed by atoms with Crippen LogP contribution in [0.15, 0.2) is 60.4 Å². The summed E-state index contributed by atoms with van der Waals surface area (Å²) in [4.78, 5) is 30.6. The topological polar surface area (TPSA) is 50.3 Å². The predicted molar refractivity (Wildman–Crippen MR) is 94.1 cm³/mol. The van der Waals surface area contributed by atoms with Crippen LogP contribution >= 0.6 is 0 Å². The second kappa shape index (κ2) is 6.04. The van der Waals surface area contributed by atoms with Gasteiger partial charge in [0.1, 0.15) is 11.5 Å². The highest BCUT2D eigenvalue weighted by molar-refractivity contribution is 6.04. The Morgan fingerprint density at radius 2 is 1.88 bits per heavy atom. The Morgan fingerprint density at radius 1 is 1.17 bits per heavy atom. The quantitative estimate of drug-likeness (QED) is 0.639. The van der Waals surface area contributed by atoms with Crippen molar-refractivity contribution in [2.24, 2.45) is 0 Å². The van der Waals surface area contributed by atoms with Gasteiger partial charge in [-0.3, -0.25) is 14.6 Å². The van der Waals surface area contributed by atoms with Gasteiger partial charge < -0.3 is 4.90 Å². The first-order chi connectivity index (χ1) is 11.4. The molecule has 0 N–H and O–H groups in total. The van der Waals surface area contributed by atoms with Gasteiger partial charge in [0.2, 0.25) is 5.78 Å². The zero-order valence-electron chi connectivity index (χ0n) is 14.1. The average Bonchev–Trinajstić information content (AvgIpc) is 2.77. The summed E-state index contributed by atoms with van der Waals surface area (Å²) in [6.07, 6.45) is 3.58. The van der Waals surface area contributed by atoms with E-state index in [1.54, 1.807) is 37.4 Å². The average molecular weight is 320 g/mol. The second-order valence-corrected chi connectivity index (χ2v) is 6.40. The zero-order chi connectivity index (χ0) is 17.3. The number of allylic oxidation sites excluding steroid dienone is 2. The summed E-state index contributed by atoms with van der Waals surface area (Å²) in [5.41, 5.74) is 2.82. The lowest BCUT2D eigenvalue weighted by atomic mass is 9.77. The number of benzene rings is 1. The summed E-state index contributed by atoms with van der Waals surface area (Å²) in [5, 5.41) is 0. The lowest BCUT2D eigenvalue weighted by molar-refractivity contribution is -0.117. The molecule has 1 aromatic heterocycles. The van der Waals surface area contributed by atoms with Crippen LogP contribution in [0, 0.1) is 0 Å². The van der Waals surface area contributed by atoms with E-state index in [0.29, 0.717) is 12.1 Å². The Morgan fingerprint density at radius 3 is 2.54 bits per heavy atom. The molecule has 24 heavy (non-hydrogen) atoms. The standard InChI is InChI=1S/C20H20N2O2/c1-14(23)13-20(2)15-8-4-5-10-17(15)22(3)19(20)12-18(24)16-9-6-7-11-21-16/h4-12H,13H2,1-3H3. The molecule has 0 radical (unpaired) electrons. The molecule has 0 saturated carbocycles. The molecule has 1 aliphatic rings. The summed E-state index contributed by atoms with van der Waals surface area (Å²) in [6.45, 7) is 3.61. The molecule has 0 aliphatic carbocycles. The van der Waals surface area contributed by atoms with Gasteiger partial charge in [0, 0.05) is 42.5 Å². The molecule has 122 valence electrons. The number of pyridine rings is 1. The van der Waals surface area contributed by atoms with Crippen molar-refractivity contribution in [1.82, 2.24) is 4.98 Å². The van der Waals surface area contributed by atoms with Crippen LogP contribution in [0.4, 0.5) is 5.69 Å². The van der Waals surface area contributed by atoms with Crippen molar-refractivity contribution in [3.8, 4) is 0 Å². The molecule has 1 aliphatic heterocycles. The van der Waals surface area contributed by atoms with E-state index >= 15 is 0 Å². The first-order valence-corrected chi connectivity index (χ1v) is 7.93. The van der Waals surface area contributed by atoms with E-state index in [1.807, 2.05) is 43.1 Å². The van der Waals surface area contributed by atoms with Crippen LogP contribution in [0.25, 0.3) is 0 Å². The molecule has 4 heteroatoms. The number of carbonyl (C=O) groups is 2. The number of anilines is 1. The van der Waals surface area contributed by atoms with Crippen molar-refractivity contribution in [2.75, 3.05) is 11.9 Å². The second-order valence-electron chi connectivity index (χ2n) is 6.40. The lowest BCUT2D eigenvalue weighted by Crippen LogP contribution is -2.29. The third kappa shape index (κ3) is 2.64. The van der Waals surface area contributed by atoms with E-state index in [2.05, 4.69) is 4.98 Å². The van der Waals surface area contributed by atoms with Crippen LogP contribution in [0.5, 0.6) is 0 Å². The SMILES string of the molecule is CC(=O)CC1(C)C(=CC(=O)c2ccccn2)N(C)c2ccccc21. The molecule has 0 amide bonds. The molecule has 1 atom stereocenters. The molecule has 2 aromatic rings. The Hall–Kier alpha value is -2.75. The summed E-state index contributed by atoms with van der Waals surface area (Å²) in [6, 6.07) is 13.2. The van der Waals surface area contributed by atoms with Crippen LogP contribution in [0.3, 0.4) is 0 Å². The van der Waals surface area contributed by atoms with Crippen molar-refractivity contribution >= 4 is 17.3 Å². The highest BCUT2D eigenvalue weighted by Gasteiger charge is 2.43. The van der Waals surface area contributed by atoms with Gasteiger partial charge in [-0.2, -0.15) is 0 Å². The maximum Gasteiger partial charge on any atom is 0.205 e. The number of carbonyl (C=O) groups excluding carboxylic acids is 2. The molecule has 3 rings (SSSR count). The Bertz CT molecular complexity index is 827. The molecule has 1 aromatic carbocycles. The molecule has 0 fully saturated rings. The van der Waals surface area contributed by atoms with E-state index in [-0.39, 0.29) is 11.6 Å². The number of rotatable bonds is 4. The van der Waals surface area contributed by atoms with Gasteiger partial charge >= 0.3 is 0 Å². The predicted octanol–water partition coefficient (Wildman–Crippen LogP) is 3.54. The number of fused-ring (bicyclic) bond motifs is 1. The third-order valence-electron chi connectivity index (χ3n) is 4.57. The highest BCUT2D eigenvalue weighted by atomic mass is 16.1. The van der Waals surface area contributed by atoms with Gasteiger partial charge in [-0.05, 0) is 37.6 Å². The van der Waals surface area contributed by atoms with Crippen molar-refractivity contribution in [2.45, 2.75) is 25.7 Å². The van der Waals surface area contributed by atoms with Gasteiger partial charge in [-0.15, -0.1) is 0 Å². The minimum absolute atomic E-state index is 0.0961. The summed E-state index contributed by atoms with van der Waals surface area (Å²) in [7, 11) is 1.93. The van der Waals surface area contributed by atoms with Gasteiger partial charge in [-0.25, -0.2) is 0 Å². The summed E-state index contributed by atoms with van der Waals surface area (Å²) < 4.78 is 0. The smallest absolute Gasteiger partial charge is 0.205 e. The zero-order valence-corrected chi connectivity index (χ0v) is 14.1. The molecule has 0 bridgehead atoms. The van der Waals surface area contributed by atoms with Gasteiger partial charge in [0.15, 0.2) is 0 Å². The van der Waals surface area contributed by atoms with E-state index in [1.165, 1.54) is 0 Å². The number of nitrogens with zero attached hydrogens (tertiary/aromatic N) is 2. The maximum atomic E-state index is 12.6. The Balaban J connectivity index is 2.10. The fraction of sp³-hybridized carbons (Fsp3) is 0.250. The van der Waals surface area contributed by atoms with E-state index in [4.69, 9.17) is 0 Å². The fourth-order valence-corrected chi connectivity index (χ4v) is 3.52. The first-order valence-electron chi connectivity index (χ1n) is 7.93. The van der Waals surface area contributed by atoms with E-state index in [9.17, 15) is 9.59 Å². The van der Waals surface area contributed by atoms with Crippen LogP contribution < -0.4 is 4.90 Å². The molecule has 2 heterocycles. The monoisotopic (exact) mass is 320 g/mol. The molecule has 0 saturated heterocycles. The Kier molecular flexibility index (Phi) is 4.06. The first kappa shape index (κ1) is 16.1. The van der Waals surface area contributed by atoms with Gasteiger partial charge in [0.25, 0.3) is 0 Å². The van der Waals surface area contributed by atoms with Crippen molar-refractivity contribution in [3.63, 3.8) is 0 Å². The number of hydrogen-bond acceptors (Lipinski definition) is 4. The molecule has 4 nitrogen and oxygen atoms in total. The largest absolute Gasteiger partial charge is 0.347 e. The molecule has 1 unspecified atom stereocenters. The van der Waals surface area contributed by atoms with Crippen molar-refractivity contribution < 1.29 is 9.59 Å². The third-order valence-corrected chi connectivity index (χ3v) is 4.57. The minimum Gasteiger partial charge on any atom is -0.347 e. The van der Waals surface area contributed by atoms with Crippen LogP contribution in [-0.2, 0) is 10.2 Å². The lowest BCUT2D eigenvalue weighted by Gasteiger charge is -2.27. The molecular formula is C20H20N2O2. The number of likely N-dealkylation sites (N-methyl/N-ethyl adjacent to an activating group) is 1. The minimum atomic E-state index is -0.512. The van der Waals surface area contributed by atoms with Gasteiger partial charge in [0.05, 0.1) is 0 Å². The fourth-order valence-electron chi connectivity index (χ4n) is 3.52. The number of aromatic nitrogens is 1. The van der Waals surface area contributed by atoms with Crippen LogP contribution in [0.1, 0.15) is 36.3 Å². The van der Waals surface area contributed by atoms with Crippen molar-refractivity contribution in [3.05, 3.63) is 71.7 Å². The normalized spacial score (nSPS) is 21.0. The Labute approximate surface area is 141 Å². The molecular weight excluding hydrogens is 300 g/mol. The van der Waals surface area contributed by atoms with E-state index in [0.717, 1.165) is 16.9 Å². The number of ketones is 2. The number of hydrogen-bond donors (Lipinski definition) is 0. The van der Waals surface area contributed by atoms with Gasteiger partial charge in [-0.1, -0.05) is 24.3 Å². The van der Waals surface area contributed by atoms with E-state index < -0.39 is 5.41 Å². The summed E-state index contributed by atoms with van der Waals surface area (Å²) >= 11 is 0. The highest BCUT2D eigenvalue weighted by Crippen LogP contribution is 2.49. The summed E-state index contributed by atoms with van der Waals surface area (Å²) in [5.74, 6) is -0.0566. The number of Topliss-reactive ketones (excluding diaryl/α,β-unsaturated/α-hetero) is 1. The molecule has 0 spiro atoms. The van der Waals surface area contributed by atoms with Crippen LogP contribution in [-0.4, -0.2) is 23.6 Å². The van der Waals surface area contributed by atoms with Crippen molar-refractivity contribution in [1.29, 1.82) is 0 Å². The number of para-hydroxylation sites is 1. The van der Waals surface area contributed by atoms with Crippen LogP contribution in [0.2, 0.25) is 0 Å². The maximum absolute atomic E-state index is 12.6.